The number of carboxylic acid groups (broad SMARTS) is 1. The number of nitrogens with zero attached hydrogens (tertiary/aromatic N) is 1. The van der Waals surface area contributed by atoms with Gasteiger partial charge in [0.25, 0.3) is 5.91 Å². The van der Waals surface area contributed by atoms with Gasteiger partial charge in [-0.05, 0) is 41.0 Å². The molecule has 1 fully saturated rings. The number of aliphatic carboxylic acids is 1. The van der Waals surface area contributed by atoms with Crippen molar-refractivity contribution in [1.82, 2.24) is 10.3 Å². The number of carbonyl (C=O) groups excluding carboxylic acids is 2. The number of ether oxygens (including phenoxy) is 1. The van der Waals surface area contributed by atoms with Crippen LogP contribution in [0.1, 0.15) is 46.8 Å². The van der Waals surface area contributed by atoms with Crippen LogP contribution in [0.5, 0.6) is 0 Å². The highest BCUT2D eigenvalue weighted by atomic mass is 32.1. The SMILES string of the molecule is O=C(O)CC1CC(NC(=O)c2csc(NC(=O)OCC3c4ccccc4-c4ccccc43)n2)C1. The summed E-state index contributed by atoms with van der Waals surface area (Å²) in [7, 11) is 0. The minimum Gasteiger partial charge on any atom is -0.481 e. The van der Waals surface area contributed by atoms with E-state index in [2.05, 4.69) is 39.9 Å². The minimum atomic E-state index is -0.821. The Morgan fingerprint density at radius 1 is 1.03 bits per heavy atom. The van der Waals surface area contributed by atoms with E-state index in [0.717, 1.165) is 33.6 Å². The smallest absolute Gasteiger partial charge is 0.413 e. The molecular formula is C25H23N3O5S. The van der Waals surface area contributed by atoms with Gasteiger partial charge in [0.05, 0.1) is 0 Å². The fourth-order valence-corrected chi connectivity index (χ4v) is 5.36. The number of nitrogens with one attached hydrogen (secondary N) is 2. The number of benzene rings is 2. The Bertz CT molecular complexity index is 1210. The van der Waals surface area contributed by atoms with E-state index in [4.69, 9.17) is 9.84 Å². The number of carbonyl (C=O) groups is 3. The lowest BCUT2D eigenvalue weighted by Crippen LogP contribution is -2.44. The summed E-state index contributed by atoms with van der Waals surface area (Å²) < 4.78 is 5.52. The lowest BCUT2D eigenvalue weighted by atomic mass is 9.78. The van der Waals surface area contributed by atoms with Crippen molar-refractivity contribution in [2.24, 2.45) is 5.92 Å². The predicted octanol–water partition coefficient (Wildman–Crippen LogP) is 4.49. The van der Waals surface area contributed by atoms with E-state index in [1.54, 1.807) is 5.38 Å². The second-order valence-corrected chi connectivity index (χ2v) is 9.45. The summed E-state index contributed by atoms with van der Waals surface area (Å²) in [4.78, 5) is 39.7. The van der Waals surface area contributed by atoms with E-state index in [1.807, 2.05) is 24.3 Å². The summed E-state index contributed by atoms with van der Waals surface area (Å²) in [6, 6.07) is 16.2. The highest BCUT2D eigenvalue weighted by molar-refractivity contribution is 7.14. The molecule has 0 saturated heterocycles. The number of hydrogen-bond donors (Lipinski definition) is 3. The van der Waals surface area contributed by atoms with Gasteiger partial charge in [0, 0.05) is 23.8 Å². The van der Waals surface area contributed by atoms with Crippen molar-refractivity contribution in [3.05, 3.63) is 70.7 Å². The van der Waals surface area contributed by atoms with E-state index in [1.165, 1.54) is 0 Å². The Morgan fingerprint density at radius 3 is 2.32 bits per heavy atom. The van der Waals surface area contributed by atoms with Crippen LogP contribution in [-0.2, 0) is 9.53 Å². The van der Waals surface area contributed by atoms with E-state index in [-0.39, 0.29) is 47.6 Å². The second kappa shape index (κ2) is 9.26. The van der Waals surface area contributed by atoms with Crippen LogP contribution in [0.3, 0.4) is 0 Å². The standard InChI is InChI=1S/C25H23N3O5S/c29-22(30)11-14-9-15(10-14)26-23(31)21-13-34-24(27-21)28-25(32)33-12-20-18-7-3-1-5-16(18)17-6-2-4-8-19(17)20/h1-8,13-15,20H,9-12H2,(H,26,31)(H,29,30)(H,27,28,32). The molecule has 2 aliphatic rings. The molecule has 1 saturated carbocycles. The molecule has 174 valence electrons. The molecule has 0 aliphatic heterocycles. The van der Waals surface area contributed by atoms with Gasteiger partial charge in [0.2, 0.25) is 0 Å². The molecule has 3 aromatic rings. The van der Waals surface area contributed by atoms with Crippen LogP contribution in [0, 0.1) is 5.92 Å². The Balaban J connectivity index is 1.14. The van der Waals surface area contributed by atoms with Gasteiger partial charge >= 0.3 is 12.1 Å². The van der Waals surface area contributed by atoms with E-state index >= 15 is 0 Å². The zero-order valence-electron chi connectivity index (χ0n) is 18.2. The number of thiazole rings is 1. The van der Waals surface area contributed by atoms with Crippen molar-refractivity contribution in [1.29, 1.82) is 0 Å². The summed E-state index contributed by atoms with van der Waals surface area (Å²) in [5, 5.41) is 16.1. The van der Waals surface area contributed by atoms with Gasteiger partial charge < -0.3 is 15.2 Å². The van der Waals surface area contributed by atoms with Crippen molar-refractivity contribution < 1.29 is 24.2 Å². The second-order valence-electron chi connectivity index (χ2n) is 8.59. The Morgan fingerprint density at radius 2 is 1.68 bits per heavy atom. The molecule has 0 atom stereocenters. The third kappa shape index (κ3) is 4.51. The van der Waals surface area contributed by atoms with Crippen molar-refractivity contribution >= 4 is 34.4 Å². The predicted molar refractivity (Wildman–Crippen MR) is 127 cm³/mol. The molecule has 3 N–H and O–H groups in total. The lowest BCUT2D eigenvalue weighted by Gasteiger charge is -2.34. The number of amides is 2. The first-order chi connectivity index (χ1) is 16.5. The molecule has 1 heterocycles. The molecule has 2 aromatic carbocycles. The summed E-state index contributed by atoms with van der Waals surface area (Å²) >= 11 is 1.14. The van der Waals surface area contributed by atoms with Gasteiger partial charge in [-0.1, -0.05) is 48.5 Å². The molecule has 0 bridgehead atoms. The maximum absolute atomic E-state index is 12.4. The average molecular weight is 478 g/mol. The van der Waals surface area contributed by atoms with Crippen molar-refractivity contribution in [2.75, 3.05) is 11.9 Å². The van der Waals surface area contributed by atoms with Crippen LogP contribution in [0.2, 0.25) is 0 Å². The Kier molecular flexibility index (Phi) is 6.02. The largest absolute Gasteiger partial charge is 0.481 e. The first kappa shape index (κ1) is 22.1. The molecule has 34 heavy (non-hydrogen) atoms. The summed E-state index contributed by atoms with van der Waals surface area (Å²) in [6.45, 7) is 0.192. The molecule has 0 unspecified atom stereocenters. The van der Waals surface area contributed by atoms with Crippen LogP contribution in [0.4, 0.5) is 9.93 Å². The molecule has 8 nitrogen and oxygen atoms in total. The Labute approximate surface area is 200 Å². The van der Waals surface area contributed by atoms with Crippen molar-refractivity contribution in [3.8, 4) is 11.1 Å². The zero-order valence-corrected chi connectivity index (χ0v) is 19.0. The van der Waals surface area contributed by atoms with Crippen LogP contribution in [-0.4, -0.2) is 40.7 Å². The van der Waals surface area contributed by atoms with Gasteiger partial charge in [-0.3, -0.25) is 14.9 Å². The van der Waals surface area contributed by atoms with E-state index in [9.17, 15) is 14.4 Å². The molecule has 0 radical (unpaired) electrons. The zero-order chi connectivity index (χ0) is 23.7. The van der Waals surface area contributed by atoms with Gasteiger partial charge in [-0.25, -0.2) is 9.78 Å². The van der Waals surface area contributed by atoms with Crippen molar-refractivity contribution in [3.63, 3.8) is 0 Å². The normalized spacial score (nSPS) is 18.4. The van der Waals surface area contributed by atoms with Gasteiger partial charge in [0.1, 0.15) is 12.3 Å². The van der Waals surface area contributed by atoms with Gasteiger partial charge in [-0.2, -0.15) is 0 Å². The molecular weight excluding hydrogens is 454 g/mol. The molecule has 9 heteroatoms. The van der Waals surface area contributed by atoms with Crippen LogP contribution < -0.4 is 10.6 Å². The average Bonchev–Trinajstić information content (AvgIpc) is 3.39. The van der Waals surface area contributed by atoms with E-state index < -0.39 is 12.1 Å². The maximum Gasteiger partial charge on any atom is 0.413 e. The minimum absolute atomic E-state index is 0.0387. The van der Waals surface area contributed by atoms with Gasteiger partial charge in [0.15, 0.2) is 5.13 Å². The maximum atomic E-state index is 12.4. The van der Waals surface area contributed by atoms with Gasteiger partial charge in [-0.15, -0.1) is 11.3 Å². The number of hydrogen-bond acceptors (Lipinski definition) is 6. The number of carboxylic acids is 1. The topological polar surface area (TPSA) is 118 Å². The molecule has 2 aliphatic carbocycles. The van der Waals surface area contributed by atoms with E-state index in [0.29, 0.717) is 12.8 Å². The highest BCUT2D eigenvalue weighted by Crippen LogP contribution is 2.44. The third-order valence-electron chi connectivity index (χ3n) is 6.32. The fourth-order valence-electron chi connectivity index (χ4n) is 4.68. The molecule has 1 aromatic heterocycles. The number of fused-ring (bicyclic) bond motifs is 3. The molecule has 2 amide bonds. The first-order valence-corrected chi connectivity index (χ1v) is 12.0. The summed E-state index contributed by atoms with van der Waals surface area (Å²) in [5.74, 6) is -1.10. The number of aromatic nitrogens is 1. The monoisotopic (exact) mass is 477 g/mol. The lowest BCUT2D eigenvalue weighted by molar-refractivity contribution is -0.138. The summed E-state index contributed by atoms with van der Waals surface area (Å²) in [6.07, 6.45) is 0.788. The first-order valence-electron chi connectivity index (χ1n) is 11.1. The quantitative estimate of drug-likeness (QED) is 0.462. The number of rotatable bonds is 7. The fraction of sp³-hybridized carbons (Fsp3) is 0.280. The highest BCUT2D eigenvalue weighted by Gasteiger charge is 2.32. The molecule has 0 spiro atoms. The van der Waals surface area contributed by atoms with Crippen LogP contribution >= 0.6 is 11.3 Å². The Hall–Kier alpha value is -3.72. The number of anilines is 1. The van der Waals surface area contributed by atoms with Crippen LogP contribution in [0.25, 0.3) is 11.1 Å². The molecule has 5 rings (SSSR count). The van der Waals surface area contributed by atoms with Crippen LogP contribution in [0.15, 0.2) is 53.9 Å². The van der Waals surface area contributed by atoms with Crippen molar-refractivity contribution in [2.45, 2.75) is 31.2 Å². The summed E-state index contributed by atoms with van der Waals surface area (Å²) in [5.41, 5.74) is 4.78. The third-order valence-corrected chi connectivity index (χ3v) is 7.08.